The van der Waals surface area contributed by atoms with E-state index in [2.05, 4.69) is 22.9 Å². The van der Waals surface area contributed by atoms with Gasteiger partial charge in [0.25, 0.3) is 6.43 Å². The summed E-state index contributed by atoms with van der Waals surface area (Å²) in [4.78, 5) is 21.0. The van der Waals surface area contributed by atoms with Crippen molar-refractivity contribution in [3.05, 3.63) is 59.5 Å². The predicted octanol–water partition coefficient (Wildman–Crippen LogP) is 3.54. The van der Waals surface area contributed by atoms with Crippen molar-refractivity contribution in [2.24, 2.45) is 5.92 Å². The fraction of sp³-hybridized carbons (Fsp3) is 0.435. The van der Waals surface area contributed by atoms with Crippen LogP contribution in [0.5, 0.6) is 0 Å². The SMILES string of the molecule is C[C@H]1CC2CN(C(=O)COC(c3ccc(F)cc3)C(F)F)CC1N2c1ccc(C#N)cn1. The van der Waals surface area contributed by atoms with Crippen LogP contribution >= 0.6 is 0 Å². The third-order valence-corrected chi connectivity index (χ3v) is 6.20. The number of nitriles is 1. The topological polar surface area (TPSA) is 69.5 Å². The van der Waals surface area contributed by atoms with Gasteiger partial charge < -0.3 is 14.5 Å². The average molecular weight is 444 g/mol. The van der Waals surface area contributed by atoms with Crippen molar-refractivity contribution in [1.29, 1.82) is 5.26 Å². The van der Waals surface area contributed by atoms with Crippen LogP contribution in [-0.4, -0.2) is 54.0 Å². The number of hydrogen-bond acceptors (Lipinski definition) is 5. The van der Waals surface area contributed by atoms with Gasteiger partial charge in [0.2, 0.25) is 5.91 Å². The van der Waals surface area contributed by atoms with Crippen molar-refractivity contribution in [2.45, 2.75) is 38.0 Å². The number of likely N-dealkylation sites (tertiary alicyclic amines) is 1. The molecule has 2 bridgehead atoms. The highest BCUT2D eigenvalue weighted by Gasteiger charge is 2.46. The minimum absolute atomic E-state index is 0.0427. The Morgan fingerprint density at radius 3 is 2.59 bits per heavy atom. The number of amides is 1. The molecule has 2 aliphatic rings. The van der Waals surface area contributed by atoms with E-state index in [0.29, 0.717) is 24.6 Å². The van der Waals surface area contributed by atoms with Gasteiger partial charge in [0.1, 0.15) is 30.4 Å². The Kier molecular flexibility index (Phi) is 6.33. The lowest BCUT2D eigenvalue weighted by Gasteiger charge is -2.42. The van der Waals surface area contributed by atoms with Crippen molar-refractivity contribution in [2.75, 3.05) is 24.6 Å². The lowest BCUT2D eigenvalue weighted by Crippen LogP contribution is -2.57. The second kappa shape index (κ2) is 9.17. The smallest absolute Gasteiger partial charge is 0.268 e. The predicted molar refractivity (Wildman–Crippen MR) is 110 cm³/mol. The van der Waals surface area contributed by atoms with Gasteiger partial charge in [-0.2, -0.15) is 5.26 Å². The summed E-state index contributed by atoms with van der Waals surface area (Å²) in [6.07, 6.45) is -2.03. The van der Waals surface area contributed by atoms with Gasteiger partial charge in [0, 0.05) is 25.3 Å². The summed E-state index contributed by atoms with van der Waals surface area (Å²) in [5.41, 5.74) is 0.606. The van der Waals surface area contributed by atoms with Crippen molar-refractivity contribution < 1.29 is 22.7 Å². The first-order valence-electron chi connectivity index (χ1n) is 10.4. The van der Waals surface area contributed by atoms with Crippen LogP contribution in [0, 0.1) is 23.1 Å². The van der Waals surface area contributed by atoms with E-state index in [1.807, 2.05) is 6.07 Å². The van der Waals surface area contributed by atoms with Crippen LogP contribution in [0.2, 0.25) is 0 Å². The molecular weight excluding hydrogens is 421 g/mol. The number of pyridine rings is 1. The number of nitrogens with zero attached hydrogens (tertiary/aromatic N) is 4. The Hall–Kier alpha value is -3.12. The van der Waals surface area contributed by atoms with Gasteiger partial charge in [-0.25, -0.2) is 18.2 Å². The van der Waals surface area contributed by atoms with Crippen molar-refractivity contribution in [1.82, 2.24) is 9.88 Å². The van der Waals surface area contributed by atoms with Crippen LogP contribution in [0.25, 0.3) is 0 Å². The lowest BCUT2D eigenvalue weighted by molar-refractivity contribution is -0.143. The summed E-state index contributed by atoms with van der Waals surface area (Å²) in [7, 11) is 0. The Bertz CT molecular complexity index is 994. The Morgan fingerprint density at radius 2 is 2.00 bits per heavy atom. The lowest BCUT2D eigenvalue weighted by atomic mass is 10.0. The fourth-order valence-corrected chi connectivity index (χ4v) is 4.61. The van der Waals surface area contributed by atoms with Crippen LogP contribution < -0.4 is 4.90 Å². The number of carbonyl (C=O) groups is 1. The van der Waals surface area contributed by atoms with Gasteiger partial charge in [0.15, 0.2) is 0 Å². The molecule has 2 saturated heterocycles. The molecule has 1 aromatic heterocycles. The van der Waals surface area contributed by atoms with Crippen LogP contribution in [0.15, 0.2) is 42.6 Å². The Balaban J connectivity index is 1.41. The molecule has 0 aliphatic carbocycles. The van der Waals surface area contributed by atoms with Gasteiger partial charge >= 0.3 is 0 Å². The second-order valence-electron chi connectivity index (χ2n) is 8.27. The molecule has 2 aromatic rings. The van der Waals surface area contributed by atoms with E-state index in [1.165, 1.54) is 18.3 Å². The summed E-state index contributed by atoms with van der Waals surface area (Å²) >= 11 is 0. The molecule has 1 amide bonds. The highest BCUT2D eigenvalue weighted by molar-refractivity contribution is 5.78. The minimum Gasteiger partial charge on any atom is -0.358 e. The molecule has 0 spiro atoms. The molecule has 4 rings (SSSR count). The van der Waals surface area contributed by atoms with Crippen LogP contribution in [0.4, 0.5) is 19.0 Å². The van der Waals surface area contributed by atoms with E-state index in [0.717, 1.165) is 24.4 Å². The summed E-state index contributed by atoms with van der Waals surface area (Å²) in [5.74, 6) is 0.205. The zero-order chi connectivity index (χ0) is 22.8. The molecule has 6 nitrogen and oxygen atoms in total. The maximum Gasteiger partial charge on any atom is 0.268 e. The quantitative estimate of drug-likeness (QED) is 0.682. The summed E-state index contributed by atoms with van der Waals surface area (Å²) < 4.78 is 45.3. The third-order valence-electron chi connectivity index (χ3n) is 6.20. The number of rotatable bonds is 6. The zero-order valence-corrected chi connectivity index (χ0v) is 17.5. The molecule has 4 atom stereocenters. The first kappa shape index (κ1) is 22.1. The largest absolute Gasteiger partial charge is 0.358 e. The molecule has 0 N–H and O–H groups in total. The number of hydrogen-bond donors (Lipinski definition) is 0. The molecule has 3 unspecified atom stereocenters. The van der Waals surface area contributed by atoms with Gasteiger partial charge in [-0.05, 0) is 42.2 Å². The Labute approximate surface area is 184 Å². The number of alkyl halides is 2. The first-order valence-corrected chi connectivity index (χ1v) is 10.4. The molecule has 3 heterocycles. The van der Waals surface area contributed by atoms with E-state index >= 15 is 0 Å². The summed E-state index contributed by atoms with van der Waals surface area (Å²) in [5, 5.41) is 8.98. The van der Waals surface area contributed by atoms with Crippen LogP contribution in [0.1, 0.15) is 30.6 Å². The van der Waals surface area contributed by atoms with Crippen molar-refractivity contribution >= 4 is 11.7 Å². The van der Waals surface area contributed by atoms with E-state index in [-0.39, 0.29) is 23.6 Å². The van der Waals surface area contributed by atoms with Crippen molar-refractivity contribution in [3.8, 4) is 6.07 Å². The number of benzene rings is 1. The molecule has 0 saturated carbocycles. The van der Waals surface area contributed by atoms with E-state index in [4.69, 9.17) is 10.00 Å². The molecule has 32 heavy (non-hydrogen) atoms. The second-order valence-corrected chi connectivity index (χ2v) is 8.27. The highest BCUT2D eigenvalue weighted by Crippen LogP contribution is 2.37. The van der Waals surface area contributed by atoms with Crippen molar-refractivity contribution in [3.63, 3.8) is 0 Å². The van der Waals surface area contributed by atoms with Gasteiger partial charge in [-0.3, -0.25) is 4.79 Å². The number of carbonyl (C=O) groups excluding carboxylic acids is 1. The normalized spacial score (nSPS) is 23.3. The van der Waals surface area contributed by atoms with E-state index in [1.54, 1.807) is 11.0 Å². The summed E-state index contributed by atoms with van der Waals surface area (Å²) in [6.45, 7) is 2.53. The number of aromatic nitrogens is 1. The monoisotopic (exact) mass is 444 g/mol. The molecule has 2 fully saturated rings. The highest BCUT2D eigenvalue weighted by atomic mass is 19.3. The van der Waals surface area contributed by atoms with E-state index in [9.17, 15) is 18.0 Å². The number of anilines is 1. The molecule has 168 valence electrons. The summed E-state index contributed by atoms with van der Waals surface area (Å²) in [6, 6.07) is 10.3. The molecular formula is C23H23F3N4O2. The zero-order valence-electron chi connectivity index (χ0n) is 17.5. The standard InChI is InChI=1S/C23H23F3N4O2/c1-14-8-18-11-29(12-19(14)30(18)20-7-2-15(9-27)10-28-20)21(31)13-32-22(23(25)26)16-3-5-17(24)6-4-16/h2-7,10,14,18-19,22-23H,8,11-13H2,1H3/t14-,18?,19?,22?/m0/s1. The first-order chi connectivity index (χ1) is 15.4. The molecule has 1 aromatic carbocycles. The number of piperazine rings is 1. The Morgan fingerprint density at radius 1 is 1.25 bits per heavy atom. The maximum atomic E-state index is 13.5. The molecule has 0 radical (unpaired) electrons. The molecule has 2 aliphatic heterocycles. The van der Waals surface area contributed by atoms with Gasteiger partial charge in [0.05, 0.1) is 11.6 Å². The maximum absolute atomic E-state index is 13.5. The third kappa shape index (κ3) is 4.41. The number of fused-ring (bicyclic) bond motifs is 2. The van der Waals surface area contributed by atoms with Crippen LogP contribution in [-0.2, 0) is 9.53 Å². The molecule has 9 heteroatoms. The minimum atomic E-state index is -2.84. The average Bonchev–Trinajstić information content (AvgIpc) is 2.98. The van der Waals surface area contributed by atoms with Gasteiger partial charge in [-0.15, -0.1) is 0 Å². The number of halogens is 3. The van der Waals surface area contributed by atoms with Gasteiger partial charge in [-0.1, -0.05) is 19.1 Å². The fourth-order valence-electron chi connectivity index (χ4n) is 4.61. The van der Waals surface area contributed by atoms with E-state index < -0.39 is 25.0 Å². The van der Waals surface area contributed by atoms with Crippen LogP contribution in [0.3, 0.4) is 0 Å². The number of ether oxygens (including phenoxy) is 1.